The van der Waals surface area contributed by atoms with E-state index < -0.39 is 14.9 Å². The van der Waals surface area contributed by atoms with Crippen molar-refractivity contribution < 1.29 is 17.8 Å². The molecule has 1 aromatic carbocycles. The summed E-state index contributed by atoms with van der Waals surface area (Å²) < 4.78 is 33.5. The van der Waals surface area contributed by atoms with Gasteiger partial charge in [-0.1, -0.05) is 19.9 Å². The molecule has 0 unspecified atom stereocenters. The molecule has 0 saturated heterocycles. The van der Waals surface area contributed by atoms with Crippen molar-refractivity contribution in [1.29, 1.82) is 0 Å². The third-order valence-electron chi connectivity index (χ3n) is 4.33. The second kappa shape index (κ2) is 8.43. The van der Waals surface area contributed by atoms with Crippen LogP contribution < -0.4 is 4.72 Å². The number of furan rings is 1. The van der Waals surface area contributed by atoms with Gasteiger partial charge in [-0.15, -0.1) is 0 Å². The van der Waals surface area contributed by atoms with Crippen molar-refractivity contribution >= 4 is 15.7 Å². The molecule has 1 atom stereocenters. The minimum Gasteiger partial charge on any atom is -0.468 e. The molecular weight excluding hydrogens is 358 g/mol. The number of rotatable bonds is 9. The van der Waals surface area contributed by atoms with Gasteiger partial charge in [0.15, 0.2) is 0 Å². The Bertz CT molecular complexity index is 845. The first-order valence-electron chi connectivity index (χ1n) is 8.32. The molecule has 0 saturated carbocycles. The van der Waals surface area contributed by atoms with Gasteiger partial charge >= 0.3 is 0 Å². The van der Waals surface area contributed by atoms with Crippen molar-refractivity contribution in [1.82, 2.24) is 9.62 Å². The SMILES string of the molecule is CCN(CC)[C@H](CNS(=O)(=O)c1cccc([N+](=O)[O-])c1C)c1ccco1. The first-order chi connectivity index (χ1) is 12.3. The molecule has 1 aromatic heterocycles. The summed E-state index contributed by atoms with van der Waals surface area (Å²) in [6, 6.07) is 7.31. The summed E-state index contributed by atoms with van der Waals surface area (Å²) in [5.74, 6) is 0.659. The largest absolute Gasteiger partial charge is 0.468 e. The Morgan fingerprint density at radius 2 is 1.92 bits per heavy atom. The number of nitro groups is 1. The van der Waals surface area contributed by atoms with Crippen molar-refractivity contribution in [2.75, 3.05) is 19.6 Å². The van der Waals surface area contributed by atoms with Crippen molar-refractivity contribution in [2.45, 2.75) is 31.7 Å². The maximum absolute atomic E-state index is 12.7. The lowest BCUT2D eigenvalue weighted by Gasteiger charge is -2.28. The Labute approximate surface area is 153 Å². The summed E-state index contributed by atoms with van der Waals surface area (Å²) in [5.41, 5.74) is -0.110. The van der Waals surface area contributed by atoms with Crippen LogP contribution in [0.25, 0.3) is 0 Å². The second-order valence-electron chi connectivity index (χ2n) is 5.76. The summed E-state index contributed by atoms with van der Waals surface area (Å²) >= 11 is 0. The number of hydrogen-bond donors (Lipinski definition) is 1. The Kier molecular flexibility index (Phi) is 6.52. The zero-order valence-corrected chi connectivity index (χ0v) is 15.8. The highest BCUT2D eigenvalue weighted by Gasteiger charge is 2.26. The fraction of sp³-hybridized carbons (Fsp3) is 0.412. The molecule has 0 aliphatic heterocycles. The first-order valence-corrected chi connectivity index (χ1v) is 9.81. The number of nitro benzene ring substituents is 1. The van der Waals surface area contributed by atoms with Gasteiger partial charge in [-0.05, 0) is 38.2 Å². The summed E-state index contributed by atoms with van der Waals surface area (Å²) in [6.07, 6.45) is 1.55. The highest BCUT2D eigenvalue weighted by molar-refractivity contribution is 7.89. The summed E-state index contributed by atoms with van der Waals surface area (Å²) in [5, 5.41) is 11.1. The second-order valence-corrected chi connectivity index (χ2v) is 7.50. The maximum atomic E-state index is 12.7. The van der Waals surface area contributed by atoms with Crippen LogP contribution in [-0.2, 0) is 10.0 Å². The van der Waals surface area contributed by atoms with Gasteiger partial charge in [0.25, 0.3) is 5.69 Å². The minimum absolute atomic E-state index is 0.0931. The molecule has 26 heavy (non-hydrogen) atoms. The Hall–Kier alpha value is -2.23. The number of sulfonamides is 1. The maximum Gasteiger partial charge on any atom is 0.273 e. The molecule has 8 nitrogen and oxygen atoms in total. The van der Waals surface area contributed by atoms with E-state index in [-0.39, 0.29) is 28.7 Å². The first kappa shape index (κ1) is 20.1. The quantitative estimate of drug-likeness (QED) is 0.529. The van der Waals surface area contributed by atoms with E-state index in [1.807, 2.05) is 13.8 Å². The van der Waals surface area contributed by atoms with Crippen LogP contribution in [0.3, 0.4) is 0 Å². The van der Waals surface area contributed by atoms with Crippen LogP contribution in [0, 0.1) is 17.0 Å². The average Bonchev–Trinajstić information content (AvgIpc) is 3.12. The molecule has 0 fully saturated rings. The van der Waals surface area contributed by atoms with Gasteiger partial charge in [-0.2, -0.15) is 0 Å². The Morgan fingerprint density at radius 1 is 1.23 bits per heavy atom. The van der Waals surface area contributed by atoms with E-state index in [2.05, 4.69) is 9.62 Å². The van der Waals surface area contributed by atoms with Crippen molar-refractivity contribution in [3.63, 3.8) is 0 Å². The molecule has 0 aliphatic carbocycles. The average molecular weight is 381 g/mol. The highest BCUT2D eigenvalue weighted by atomic mass is 32.2. The molecule has 1 N–H and O–H groups in total. The van der Waals surface area contributed by atoms with Crippen LogP contribution in [0.2, 0.25) is 0 Å². The van der Waals surface area contributed by atoms with Crippen LogP contribution >= 0.6 is 0 Å². The Balaban J connectivity index is 2.28. The smallest absolute Gasteiger partial charge is 0.273 e. The molecule has 0 radical (unpaired) electrons. The third kappa shape index (κ3) is 4.29. The van der Waals surface area contributed by atoms with Crippen molar-refractivity contribution in [3.8, 4) is 0 Å². The number of benzene rings is 1. The van der Waals surface area contributed by atoms with Gasteiger partial charge < -0.3 is 4.42 Å². The van der Waals surface area contributed by atoms with E-state index in [9.17, 15) is 18.5 Å². The number of nitrogens with zero attached hydrogens (tertiary/aromatic N) is 2. The monoisotopic (exact) mass is 381 g/mol. The van der Waals surface area contributed by atoms with Crippen LogP contribution in [0.15, 0.2) is 45.9 Å². The van der Waals surface area contributed by atoms with Crippen LogP contribution in [-0.4, -0.2) is 37.9 Å². The molecule has 0 bridgehead atoms. The normalized spacial score (nSPS) is 13.1. The highest BCUT2D eigenvalue weighted by Crippen LogP contribution is 2.26. The van der Waals surface area contributed by atoms with Crippen LogP contribution in [0.5, 0.6) is 0 Å². The fourth-order valence-electron chi connectivity index (χ4n) is 2.91. The lowest BCUT2D eigenvalue weighted by Crippen LogP contribution is -2.38. The van der Waals surface area contributed by atoms with Crippen LogP contribution in [0.1, 0.15) is 31.2 Å². The van der Waals surface area contributed by atoms with Gasteiger partial charge in [-0.25, -0.2) is 13.1 Å². The third-order valence-corrected chi connectivity index (χ3v) is 5.90. The minimum atomic E-state index is -3.91. The molecule has 0 spiro atoms. The lowest BCUT2D eigenvalue weighted by molar-refractivity contribution is -0.385. The number of nitrogens with one attached hydrogen (secondary N) is 1. The van der Waals surface area contributed by atoms with E-state index in [0.29, 0.717) is 5.76 Å². The van der Waals surface area contributed by atoms with Gasteiger partial charge in [-0.3, -0.25) is 15.0 Å². The molecule has 2 aromatic rings. The molecular formula is C17H23N3O5S. The van der Waals surface area contributed by atoms with E-state index in [1.165, 1.54) is 25.1 Å². The lowest BCUT2D eigenvalue weighted by atomic mass is 10.2. The van der Waals surface area contributed by atoms with E-state index in [0.717, 1.165) is 13.1 Å². The van der Waals surface area contributed by atoms with E-state index in [4.69, 9.17) is 4.42 Å². The zero-order chi connectivity index (χ0) is 19.3. The van der Waals surface area contributed by atoms with E-state index >= 15 is 0 Å². The molecule has 1 heterocycles. The molecule has 142 valence electrons. The predicted molar refractivity (Wildman–Crippen MR) is 97.4 cm³/mol. The summed E-state index contributed by atoms with van der Waals surface area (Å²) in [6.45, 7) is 6.94. The molecule has 2 rings (SSSR count). The topological polar surface area (TPSA) is 106 Å². The number of hydrogen-bond acceptors (Lipinski definition) is 6. The van der Waals surface area contributed by atoms with Crippen molar-refractivity contribution in [2.24, 2.45) is 0 Å². The predicted octanol–water partition coefficient (Wildman–Crippen LogP) is 2.86. The standard InChI is InChI=1S/C17H23N3O5S/c1-4-19(5-2)15(16-9-7-11-25-16)12-18-26(23,24)17-10-6-8-14(13(17)3)20(21)22/h6-11,15,18H,4-5,12H2,1-3H3/t15-/m1/s1. The van der Waals surface area contributed by atoms with E-state index in [1.54, 1.807) is 18.4 Å². The van der Waals surface area contributed by atoms with Crippen LogP contribution in [0.4, 0.5) is 5.69 Å². The molecule has 9 heteroatoms. The van der Waals surface area contributed by atoms with Gasteiger partial charge in [0.1, 0.15) is 5.76 Å². The zero-order valence-electron chi connectivity index (χ0n) is 15.0. The van der Waals surface area contributed by atoms with Crippen molar-refractivity contribution in [3.05, 3.63) is 58.0 Å². The summed E-state index contributed by atoms with van der Waals surface area (Å²) in [4.78, 5) is 12.5. The molecule has 0 amide bonds. The summed E-state index contributed by atoms with van der Waals surface area (Å²) in [7, 11) is -3.91. The van der Waals surface area contributed by atoms with Gasteiger partial charge in [0.2, 0.25) is 10.0 Å². The fourth-order valence-corrected chi connectivity index (χ4v) is 4.21. The molecule has 0 aliphatic rings. The number of likely N-dealkylation sites (N-methyl/N-ethyl adjacent to an activating group) is 1. The van der Waals surface area contributed by atoms with Gasteiger partial charge in [0, 0.05) is 18.2 Å². The Morgan fingerprint density at radius 3 is 2.46 bits per heavy atom. The van der Waals surface area contributed by atoms with Gasteiger partial charge in [0.05, 0.1) is 22.1 Å².